The van der Waals surface area contributed by atoms with E-state index in [2.05, 4.69) is 20.8 Å². The molecule has 1 heterocycles. The number of aryl methyl sites for hydroxylation is 1. The average molecular weight is 388 g/mol. The molecular weight excluding hydrogens is 368 g/mol. The quantitative estimate of drug-likeness (QED) is 0.480. The summed E-state index contributed by atoms with van der Waals surface area (Å²) in [6, 6.07) is 17.7. The number of rotatable bonds is 7. The number of amides is 2. The minimum atomic E-state index is -0.316. The maximum atomic E-state index is 12.0. The Balaban J connectivity index is 1.45. The summed E-state index contributed by atoms with van der Waals surface area (Å²) in [4.78, 5) is 27.7. The molecule has 3 rings (SSSR count). The van der Waals surface area contributed by atoms with Crippen molar-refractivity contribution in [1.82, 2.24) is 10.4 Å². The molecule has 0 bridgehead atoms. The number of ether oxygens (including phenoxy) is 1. The van der Waals surface area contributed by atoms with Crippen LogP contribution in [0.15, 0.2) is 78.2 Å². The molecule has 7 heteroatoms. The predicted octanol–water partition coefficient (Wildman–Crippen LogP) is 3.17. The summed E-state index contributed by atoms with van der Waals surface area (Å²) >= 11 is 0. The molecule has 2 aromatic carbocycles. The fraction of sp³-hybridized carbons (Fsp3) is 0.0909. The van der Waals surface area contributed by atoms with Gasteiger partial charge in [-0.05, 0) is 61.0 Å². The van der Waals surface area contributed by atoms with Gasteiger partial charge in [-0.2, -0.15) is 5.10 Å². The van der Waals surface area contributed by atoms with Crippen molar-refractivity contribution < 1.29 is 14.3 Å². The highest BCUT2D eigenvalue weighted by molar-refractivity contribution is 5.94. The van der Waals surface area contributed by atoms with E-state index in [4.69, 9.17) is 4.74 Å². The van der Waals surface area contributed by atoms with E-state index in [0.29, 0.717) is 11.3 Å². The van der Waals surface area contributed by atoms with Gasteiger partial charge in [-0.3, -0.25) is 14.6 Å². The lowest BCUT2D eigenvalue weighted by Crippen LogP contribution is -2.20. The van der Waals surface area contributed by atoms with Crippen LogP contribution in [0.1, 0.15) is 21.5 Å². The van der Waals surface area contributed by atoms with Crippen molar-refractivity contribution in [3.63, 3.8) is 0 Å². The Labute approximate surface area is 168 Å². The zero-order valence-corrected chi connectivity index (χ0v) is 15.8. The van der Waals surface area contributed by atoms with Crippen LogP contribution in [0.25, 0.3) is 0 Å². The summed E-state index contributed by atoms with van der Waals surface area (Å²) in [5.74, 6) is 0.00327. The maximum Gasteiger partial charge on any atom is 0.271 e. The van der Waals surface area contributed by atoms with Crippen LogP contribution in [-0.4, -0.2) is 29.6 Å². The number of hydrazone groups is 1. The van der Waals surface area contributed by atoms with Gasteiger partial charge in [0.15, 0.2) is 6.61 Å². The van der Waals surface area contributed by atoms with Gasteiger partial charge in [-0.1, -0.05) is 17.7 Å². The first-order chi connectivity index (χ1) is 14.1. The number of carbonyl (C=O) groups excluding carboxylic acids is 2. The number of nitrogens with zero attached hydrogens (tertiary/aromatic N) is 2. The van der Waals surface area contributed by atoms with E-state index in [1.165, 1.54) is 6.21 Å². The van der Waals surface area contributed by atoms with Crippen molar-refractivity contribution in [3.8, 4) is 5.75 Å². The van der Waals surface area contributed by atoms with Crippen LogP contribution in [0.3, 0.4) is 0 Å². The molecule has 0 saturated carbocycles. The molecule has 0 unspecified atom stereocenters. The van der Waals surface area contributed by atoms with Crippen LogP contribution < -0.4 is 15.5 Å². The second-order valence-electron chi connectivity index (χ2n) is 6.21. The third-order valence-electron chi connectivity index (χ3n) is 3.91. The van der Waals surface area contributed by atoms with E-state index in [1.807, 2.05) is 31.2 Å². The first-order valence-electron chi connectivity index (χ1n) is 8.93. The molecule has 2 amide bonds. The fourth-order valence-corrected chi connectivity index (χ4v) is 2.37. The van der Waals surface area contributed by atoms with Gasteiger partial charge in [0.1, 0.15) is 5.75 Å². The summed E-state index contributed by atoms with van der Waals surface area (Å²) < 4.78 is 5.49. The van der Waals surface area contributed by atoms with Crippen LogP contribution in [-0.2, 0) is 4.79 Å². The Morgan fingerprint density at radius 2 is 1.69 bits per heavy atom. The summed E-state index contributed by atoms with van der Waals surface area (Å²) in [5, 5.41) is 6.70. The standard InChI is InChI=1S/C22H20N4O3/c1-16-2-6-19(7-3-16)25-21(27)15-29-20-8-4-17(5-9-20)14-24-26-22(28)18-10-12-23-13-11-18/h2-14H,15H2,1H3,(H,25,27)(H,26,28)/b24-14-. The zero-order chi connectivity index (χ0) is 20.5. The SMILES string of the molecule is Cc1ccc(NC(=O)COc2ccc(/C=N\NC(=O)c3ccncc3)cc2)cc1. The molecule has 146 valence electrons. The monoisotopic (exact) mass is 388 g/mol. The highest BCUT2D eigenvalue weighted by Crippen LogP contribution is 2.12. The highest BCUT2D eigenvalue weighted by Gasteiger charge is 2.04. The van der Waals surface area contributed by atoms with Crippen molar-refractivity contribution in [3.05, 3.63) is 89.7 Å². The third kappa shape index (κ3) is 6.28. The van der Waals surface area contributed by atoms with Gasteiger partial charge in [0.25, 0.3) is 11.8 Å². The van der Waals surface area contributed by atoms with Crippen molar-refractivity contribution >= 4 is 23.7 Å². The number of hydrogen-bond acceptors (Lipinski definition) is 5. The van der Waals surface area contributed by atoms with E-state index >= 15 is 0 Å². The first kappa shape index (κ1) is 19.8. The maximum absolute atomic E-state index is 12.0. The molecule has 0 fully saturated rings. The molecule has 0 radical (unpaired) electrons. The van der Waals surface area contributed by atoms with E-state index in [1.54, 1.807) is 48.8 Å². The van der Waals surface area contributed by atoms with E-state index < -0.39 is 0 Å². The van der Waals surface area contributed by atoms with Crippen molar-refractivity contribution in [2.45, 2.75) is 6.92 Å². The Morgan fingerprint density at radius 1 is 1.00 bits per heavy atom. The van der Waals surface area contributed by atoms with E-state index in [0.717, 1.165) is 16.8 Å². The Bertz CT molecular complexity index is 985. The number of carbonyl (C=O) groups is 2. The average Bonchev–Trinajstić information content (AvgIpc) is 2.75. The molecule has 7 nitrogen and oxygen atoms in total. The van der Waals surface area contributed by atoms with Crippen LogP contribution in [0.2, 0.25) is 0 Å². The number of nitrogens with one attached hydrogen (secondary N) is 2. The molecule has 0 spiro atoms. The summed E-state index contributed by atoms with van der Waals surface area (Å²) in [5.41, 5.74) is 5.55. The molecular formula is C22H20N4O3. The van der Waals surface area contributed by atoms with E-state index in [9.17, 15) is 9.59 Å². The molecule has 0 saturated heterocycles. The van der Waals surface area contributed by atoms with Crippen molar-refractivity contribution in [2.75, 3.05) is 11.9 Å². The molecule has 0 atom stereocenters. The van der Waals surface area contributed by atoms with Gasteiger partial charge in [0.2, 0.25) is 0 Å². The highest BCUT2D eigenvalue weighted by atomic mass is 16.5. The minimum absolute atomic E-state index is 0.0939. The van der Waals surface area contributed by atoms with Crippen LogP contribution in [0, 0.1) is 6.92 Å². The normalized spacial score (nSPS) is 10.5. The molecule has 0 aliphatic rings. The number of aromatic nitrogens is 1. The summed E-state index contributed by atoms with van der Waals surface area (Å²) in [6.45, 7) is 1.89. The smallest absolute Gasteiger partial charge is 0.271 e. The van der Waals surface area contributed by atoms with Crippen LogP contribution in [0.4, 0.5) is 5.69 Å². The van der Waals surface area contributed by atoms with Crippen molar-refractivity contribution in [2.24, 2.45) is 5.10 Å². The van der Waals surface area contributed by atoms with E-state index in [-0.39, 0.29) is 18.4 Å². The second-order valence-corrected chi connectivity index (χ2v) is 6.21. The molecule has 0 aliphatic carbocycles. The Kier molecular flexibility index (Phi) is 6.67. The van der Waals surface area contributed by atoms with Gasteiger partial charge in [0, 0.05) is 23.6 Å². The predicted molar refractivity (Wildman–Crippen MR) is 111 cm³/mol. The Hall–Kier alpha value is -4.00. The van der Waals surface area contributed by atoms with Crippen LogP contribution in [0.5, 0.6) is 5.75 Å². The first-order valence-corrected chi connectivity index (χ1v) is 8.93. The number of anilines is 1. The fourth-order valence-electron chi connectivity index (χ4n) is 2.37. The number of benzene rings is 2. The summed E-state index contributed by atoms with van der Waals surface area (Å²) in [6.07, 6.45) is 4.60. The molecule has 29 heavy (non-hydrogen) atoms. The molecule has 3 aromatic rings. The minimum Gasteiger partial charge on any atom is -0.484 e. The number of pyridine rings is 1. The van der Waals surface area contributed by atoms with Gasteiger partial charge in [0.05, 0.1) is 6.21 Å². The van der Waals surface area contributed by atoms with Gasteiger partial charge in [-0.15, -0.1) is 0 Å². The summed E-state index contributed by atoms with van der Waals surface area (Å²) in [7, 11) is 0. The lowest BCUT2D eigenvalue weighted by Gasteiger charge is -2.08. The second kappa shape index (κ2) is 9.80. The Morgan fingerprint density at radius 3 is 2.38 bits per heavy atom. The molecule has 0 aliphatic heterocycles. The topological polar surface area (TPSA) is 92.7 Å². The lowest BCUT2D eigenvalue weighted by atomic mass is 10.2. The largest absolute Gasteiger partial charge is 0.484 e. The van der Waals surface area contributed by atoms with Gasteiger partial charge < -0.3 is 10.1 Å². The molecule has 2 N–H and O–H groups in total. The van der Waals surface area contributed by atoms with Crippen molar-refractivity contribution in [1.29, 1.82) is 0 Å². The zero-order valence-electron chi connectivity index (χ0n) is 15.8. The van der Waals surface area contributed by atoms with Crippen LogP contribution >= 0.6 is 0 Å². The van der Waals surface area contributed by atoms with Gasteiger partial charge >= 0.3 is 0 Å². The lowest BCUT2D eigenvalue weighted by molar-refractivity contribution is -0.118. The molecule has 1 aromatic heterocycles. The third-order valence-corrected chi connectivity index (χ3v) is 3.91. The number of hydrogen-bond donors (Lipinski definition) is 2. The van der Waals surface area contributed by atoms with Gasteiger partial charge in [-0.25, -0.2) is 5.43 Å².